The van der Waals surface area contributed by atoms with Crippen LogP contribution < -0.4 is 11.1 Å². The number of nitrogen functional groups attached to an aromatic ring is 1. The molecule has 0 saturated carbocycles. The molecule has 0 unspecified atom stereocenters. The number of aryl methyl sites for hydroxylation is 1. The number of rotatable bonds is 4. The molecule has 1 aromatic carbocycles. The van der Waals surface area contributed by atoms with Crippen molar-refractivity contribution in [3.05, 3.63) is 46.5 Å². The van der Waals surface area contributed by atoms with Gasteiger partial charge in [-0.1, -0.05) is 24.3 Å². The molecule has 0 fully saturated rings. The van der Waals surface area contributed by atoms with Gasteiger partial charge < -0.3 is 11.1 Å². The number of aromatic nitrogens is 1. The molecule has 3 rings (SSSR count). The number of amides is 1. The van der Waals surface area contributed by atoms with E-state index in [4.69, 9.17) is 5.73 Å². The summed E-state index contributed by atoms with van der Waals surface area (Å²) in [5.74, 6) is 0.258. The van der Waals surface area contributed by atoms with Crippen molar-refractivity contribution in [1.82, 2.24) is 10.3 Å². The minimum Gasteiger partial charge on any atom is -0.375 e. The Kier molecular flexibility index (Phi) is 4.20. The number of benzene rings is 1. The number of hydrogen-bond donors (Lipinski definition) is 2. The number of carbonyl (C=O) groups excluding carboxylic acids is 1. The van der Waals surface area contributed by atoms with Crippen molar-refractivity contribution in [2.24, 2.45) is 5.92 Å². The van der Waals surface area contributed by atoms with Crippen molar-refractivity contribution in [1.29, 1.82) is 0 Å². The Bertz CT molecular complexity index is 638. The van der Waals surface area contributed by atoms with Gasteiger partial charge in [-0.15, -0.1) is 11.3 Å². The molecule has 1 aromatic heterocycles. The second-order valence-electron chi connectivity index (χ2n) is 5.43. The lowest BCUT2D eigenvalue weighted by Crippen LogP contribution is -2.35. The third-order valence-electron chi connectivity index (χ3n) is 3.97. The highest BCUT2D eigenvalue weighted by atomic mass is 32.1. The molecule has 110 valence electrons. The van der Waals surface area contributed by atoms with Gasteiger partial charge in [0.05, 0.1) is 5.69 Å². The molecular formula is C16H19N3OS. The van der Waals surface area contributed by atoms with Crippen LogP contribution in [0.15, 0.2) is 29.6 Å². The summed E-state index contributed by atoms with van der Waals surface area (Å²) in [6.45, 7) is 0.625. The zero-order valence-electron chi connectivity index (χ0n) is 11.8. The summed E-state index contributed by atoms with van der Waals surface area (Å²) in [6.07, 6.45) is 3.53. The fourth-order valence-corrected chi connectivity index (χ4v) is 3.41. The standard InChI is InChI=1S/C16H19N3OS/c17-16-19-14(10-21-16)7-8-18-15(20)13-6-5-11-3-1-2-4-12(11)9-13/h1-4,10,13H,5-9H2,(H2,17,19)(H,18,20)/t13-/m0/s1. The molecule has 0 saturated heterocycles. The van der Waals surface area contributed by atoms with Gasteiger partial charge in [-0.25, -0.2) is 4.98 Å². The summed E-state index contributed by atoms with van der Waals surface area (Å²) in [5.41, 5.74) is 9.25. The summed E-state index contributed by atoms with van der Waals surface area (Å²) in [6, 6.07) is 8.41. The van der Waals surface area contributed by atoms with Crippen molar-refractivity contribution in [2.45, 2.75) is 25.7 Å². The minimum atomic E-state index is 0.0976. The van der Waals surface area contributed by atoms with Gasteiger partial charge in [0.25, 0.3) is 0 Å². The van der Waals surface area contributed by atoms with E-state index in [1.165, 1.54) is 22.5 Å². The summed E-state index contributed by atoms with van der Waals surface area (Å²) in [7, 11) is 0. The average molecular weight is 301 g/mol. The number of nitrogens with one attached hydrogen (secondary N) is 1. The SMILES string of the molecule is Nc1nc(CCNC(=O)[C@H]2CCc3ccccc3C2)cs1. The van der Waals surface area contributed by atoms with Crippen LogP contribution in [0, 0.1) is 5.92 Å². The van der Waals surface area contributed by atoms with Gasteiger partial charge in [-0.3, -0.25) is 4.79 Å². The maximum atomic E-state index is 12.2. The topological polar surface area (TPSA) is 68.0 Å². The van der Waals surface area contributed by atoms with Crippen LogP contribution in [0.2, 0.25) is 0 Å². The van der Waals surface area contributed by atoms with Crippen molar-refractivity contribution in [3.8, 4) is 0 Å². The first-order valence-corrected chi connectivity index (χ1v) is 8.14. The molecule has 1 heterocycles. The third kappa shape index (κ3) is 3.42. The van der Waals surface area contributed by atoms with E-state index in [0.29, 0.717) is 11.7 Å². The van der Waals surface area contributed by atoms with Crippen LogP contribution in [0.25, 0.3) is 0 Å². The first kappa shape index (κ1) is 14.1. The van der Waals surface area contributed by atoms with Gasteiger partial charge >= 0.3 is 0 Å². The van der Waals surface area contributed by atoms with Crippen molar-refractivity contribution in [2.75, 3.05) is 12.3 Å². The first-order valence-electron chi connectivity index (χ1n) is 7.27. The molecule has 0 radical (unpaired) electrons. The molecule has 0 aliphatic heterocycles. The summed E-state index contributed by atoms with van der Waals surface area (Å²) in [4.78, 5) is 16.4. The second-order valence-corrected chi connectivity index (χ2v) is 6.32. The largest absolute Gasteiger partial charge is 0.375 e. The molecule has 5 heteroatoms. The fourth-order valence-electron chi connectivity index (χ4n) is 2.82. The highest BCUT2D eigenvalue weighted by Crippen LogP contribution is 2.25. The molecule has 21 heavy (non-hydrogen) atoms. The minimum absolute atomic E-state index is 0.0976. The molecule has 1 aliphatic rings. The Morgan fingerprint density at radius 3 is 2.95 bits per heavy atom. The zero-order valence-corrected chi connectivity index (χ0v) is 12.7. The normalized spacial score (nSPS) is 17.2. The number of fused-ring (bicyclic) bond motifs is 1. The molecule has 3 N–H and O–H groups in total. The predicted octanol–water partition coefficient (Wildman–Crippen LogP) is 2.19. The van der Waals surface area contributed by atoms with Crippen molar-refractivity contribution >= 4 is 22.4 Å². The van der Waals surface area contributed by atoms with E-state index in [9.17, 15) is 4.79 Å². The fraction of sp³-hybridized carbons (Fsp3) is 0.375. The average Bonchev–Trinajstić information content (AvgIpc) is 2.92. The Labute approximate surface area is 128 Å². The monoisotopic (exact) mass is 301 g/mol. The van der Waals surface area contributed by atoms with Crippen molar-refractivity contribution in [3.63, 3.8) is 0 Å². The van der Waals surface area contributed by atoms with E-state index < -0.39 is 0 Å². The van der Waals surface area contributed by atoms with Gasteiger partial charge in [0, 0.05) is 24.3 Å². The Morgan fingerprint density at radius 2 is 2.19 bits per heavy atom. The van der Waals surface area contributed by atoms with Crippen LogP contribution in [0.5, 0.6) is 0 Å². The Hall–Kier alpha value is -1.88. The van der Waals surface area contributed by atoms with Crippen LogP contribution in [0.4, 0.5) is 5.13 Å². The molecule has 1 atom stereocenters. The smallest absolute Gasteiger partial charge is 0.223 e. The Morgan fingerprint density at radius 1 is 1.38 bits per heavy atom. The summed E-state index contributed by atoms with van der Waals surface area (Å²) < 4.78 is 0. The van der Waals surface area contributed by atoms with Crippen LogP contribution in [0.3, 0.4) is 0 Å². The number of nitrogens with zero attached hydrogens (tertiary/aromatic N) is 1. The maximum Gasteiger partial charge on any atom is 0.223 e. The lowest BCUT2D eigenvalue weighted by atomic mass is 9.83. The van der Waals surface area contributed by atoms with E-state index in [2.05, 4.69) is 28.5 Å². The lowest BCUT2D eigenvalue weighted by Gasteiger charge is -2.23. The highest BCUT2D eigenvalue weighted by Gasteiger charge is 2.23. The predicted molar refractivity (Wildman–Crippen MR) is 85.2 cm³/mol. The van der Waals surface area contributed by atoms with Crippen molar-refractivity contribution < 1.29 is 4.79 Å². The van der Waals surface area contributed by atoms with E-state index in [1.807, 2.05) is 11.4 Å². The van der Waals surface area contributed by atoms with Crippen LogP contribution in [0.1, 0.15) is 23.2 Å². The molecule has 4 nitrogen and oxygen atoms in total. The number of nitrogens with two attached hydrogens (primary N) is 1. The number of carbonyl (C=O) groups is 1. The molecule has 1 amide bonds. The van der Waals surface area contributed by atoms with Crippen LogP contribution in [-0.2, 0) is 24.1 Å². The van der Waals surface area contributed by atoms with Gasteiger partial charge in [-0.05, 0) is 30.4 Å². The summed E-state index contributed by atoms with van der Waals surface area (Å²) in [5, 5.41) is 5.55. The maximum absolute atomic E-state index is 12.2. The van der Waals surface area contributed by atoms with Gasteiger partial charge in [0.1, 0.15) is 0 Å². The van der Waals surface area contributed by atoms with Gasteiger partial charge in [0.2, 0.25) is 5.91 Å². The molecule has 1 aliphatic carbocycles. The van der Waals surface area contributed by atoms with Crippen LogP contribution in [-0.4, -0.2) is 17.4 Å². The molecule has 0 bridgehead atoms. The van der Waals surface area contributed by atoms with E-state index in [-0.39, 0.29) is 11.8 Å². The molecular weight excluding hydrogens is 282 g/mol. The highest BCUT2D eigenvalue weighted by molar-refractivity contribution is 7.13. The van der Waals surface area contributed by atoms with E-state index in [1.54, 1.807) is 0 Å². The number of anilines is 1. The molecule has 0 spiro atoms. The van der Waals surface area contributed by atoms with Gasteiger partial charge in [-0.2, -0.15) is 0 Å². The summed E-state index contributed by atoms with van der Waals surface area (Å²) >= 11 is 1.44. The second kappa shape index (κ2) is 6.26. The van der Waals surface area contributed by atoms with E-state index in [0.717, 1.165) is 31.4 Å². The lowest BCUT2D eigenvalue weighted by molar-refractivity contribution is -0.125. The quantitative estimate of drug-likeness (QED) is 0.909. The number of hydrogen-bond acceptors (Lipinski definition) is 4. The molecule has 2 aromatic rings. The van der Waals surface area contributed by atoms with E-state index >= 15 is 0 Å². The number of thiazole rings is 1. The zero-order chi connectivity index (χ0) is 14.7. The van der Waals surface area contributed by atoms with Crippen LogP contribution >= 0.6 is 11.3 Å². The van der Waals surface area contributed by atoms with Gasteiger partial charge in [0.15, 0.2) is 5.13 Å². The third-order valence-corrected chi connectivity index (χ3v) is 4.69. The first-order chi connectivity index (χ1) is 10.2. The Balaban J connectivity index is 1.50.